The van der Waals surface area contributed by atoms with E-state index in [1.807, 2.05) is 0 Å². The van der Waals surface area contributed by atoms with Crippen molar-refractivity contribution in [2.45, 2.75) is 6.36 Å². The second kappa shape index (κ2) is 5.31. The third-order valence-electron chi connectivity index (χ3n) is 2.59. The molecule has 0 aliphatic heterocycles. The Labute approximate surface area is 116 Å². The molecule has 0 atom stereocenters. The summed E-state index contributed by atoms with van der Waals surface area (Å²) < 4.78 is 39.9. The fourth-order valence-corrected chi connectivity index (χ4v) is 1.78. The number of carbonyl (C=O) groups is 1. The maximum Gasteiger partial charge on any atom is 0.573 e. The number of nitrogens with two attached hydrogens (primary N) is 1. The number of carboxylic acids is 1. The summed E-state index contributed by atoms with van der Waals surface area (Å²) in [4.78, 5) is 14.9. The van der Waals surface area contributed by atoms with Gasteiger partial charge in [-0.1, -0.05) is 12.1 Å². The van der Waals surface area contributed by atoms with Crippen LogP contribution >= 0.6 is 0 Å². The first-order valence-corrected chi connectivity index (χ1v) is 5.62. The van der Waals surface area contributed by atoms with E-state index < -0.39 is 18.1 Å². The summed E-state index contributed by atoms with van der Waals surface area (Å²) in [6, 6.07) is 5.96. The molecule has 0 saturated heterocycles. The molecule has 0 aliphatic carbocycles. The number of rotatable bonds is 3. The van der Waals surface area contributed by atoms with Gasteiger partial charge >= 0.3 is 12.3 Å². The van der Waals surface area contributed by atoms with Crippen molar-refractivity contribution in [1.82, 2.24) is 4.98 Å². The zero-order chi connectivity index (χ0) is 15.6. The minimum Gasteiger partial charge on any atom is -0.478 e. The smallest absolute Gasteiger partial charge is 0.478 e. The Morgan fingerprint density at radius 3 is 2.33 bits per heavy atom. The summed E-state index contributed by atoms with van der Waals surface area (Å²) in [6.07, 6.45) is -3.55. The van der Waals surface area contributed by atoms with Gasteiger partial charge < -0.3 is 15.6 Å². The third-order valence-corrected chi connectivity index (χ3v) is 2.59. The van der Waals surface area contributed by atoms with Crippen LogP contribution in [0.25, 0.3) is 11.1 Å². The van der Waals surface area contributed by atoms with Crippen LogP contribution < -0.4 is 10.5 Å². The number of aromatic nitrogens is 1. The Bertz CT molecular complexity index is 669. The minimum atomic E-state index is -4.79. The molecule has 21 heavy (non-hydrogen) atoms. The van der Waals surface area contributed by atoms with Crippen LogP contribution in [0, 0.1) is 0 Å². The summed E-state index contributed by atoms with van der Waals surface area (Å²) in [5, 5.41) is 9.10. The SMILES string of the molecule is Nc1nccc(C(=O)O)c1-c1ccc(OC(F)(F)F)cc1. The van der Waals surface area contributed by atoms with Gasteiger partial charge in [0.05, 0.1) is 5.56 Å². The van der Waals surface area contributed by atoms with E-state index >= 15 is 0 Å². The highest BCUT2D eigenvalue weighted by atomic mass is 19.4. The van der Waals surface area contributed by atoms with E-state index in [2.05, 4.69) is 9.72 Å². The third kappa shape index (κ3) is 3.41. The fourth-order valence-electron chi connectivity index (χ4n) is 1.78. The molecule has 2 aromatic rings. The molecule has 3 N–H and O–H groups in total. The summed E-state index contributed by atoms with van der Waals surface area (Å²) in [6.45, 7) is 0. The van der Waals surface area contributed by atoms with Gasteiger partial charge in [-0.05, 0) is 23.8 Å². The van der Waals surface area contributed by atoms with Crippen molar-refractivity contribution >= 4 is 11.8 Å². The molecule has 1 aromatic carbocycles. The molecule has 1 heterocycles. The number of hydrogen-bond acceptors (Lipinski definition) is 4. The number of halogens is 3. The lowest BCUT2D eigenvalue weighted by Crippen LogP contribution is -2.17. The molecule has 0 radical (unpaired) electrons. The van der Waals surface area contributed by atoms with Crippen molar-refractivity contribution < 1.29 is 27.8 Å². The molecular formula is C13H9F3N2O3. The van der Waals surface area contributed by atoms with Crippen LogP contribution in [0.5, 0.6) is 5.75 Å². The van der Waals surface area contributed by atoms with Crippen LogP contribution in [0.15, 0.2) is 36.5 Å². The molecule has 8 heteroatoms. The highest BCUT2D eigenvalue weighted by molar-refractivity contribution is 5.98. The molecular weight excluding hydrogens is 289 g/mol. The van der Waals surface area contributed by atoms with Crippen molar-refractivity contribution in [1.29, 1.82) is 0 Å². The number of pyridine rings is 1. The highest BCUT2D eigenvalue weighted by Crippen LogP contribution is 2.31. The second-order valence-corrected chi connectivity index (χ2v) is 4.00. The molecule has 5 nitrogen and oxygen atoms in total. The summed E-state index contributed by atoms with van der Waals surface area (Å²) >= 11 is 0. The van der Waals surface area contributed by atoms with Gasteiger partial charge in [-0.2, -0.15) is 0 Å². The molecule has 0 fully saturated rings. The van der Waals surface area contributed by atoms with E-state index in [9.17, 15) is 18.0 Å². The van der Waals surface area contributed by atoms with Gasteiger partial charge in [-0.15, -0.1) is 13.2 Å². The molecule has 2 rings (SSSR count). The van der Waals surface area contributed by atoms with Crippen molar-refractivity contribution in [2.75, 3.05) is 5.73 Å². The Morgan fingerprint density at radius 1 is 1.19 bits per heavy atom. The van der Waals surface area contributed by atoms with Crippen molar-refractivity contribution in [3.8, 4) is 16.9 Å². The van der Waals surface area contributed by atoms with E-state index in [0.717, 1.165) is 12.1 Å². The van der Waals surface area contributed by atoms with E-state index in [4.69, 9.17) is 10.8 Å². The lowest BCUT2D eigenvalue weighted by Gasteiger charge is -2.11. The molecule has 0 bridgehead atoms. The van der Waals surface area contributed by atoms with Crippen molar-refractivity contribution in [3.05, 3.63) is 42.1 Å². The fraction of sp³-hybridized carbons (Fsp3) is 0.0769. The Kier molecular flexibility index (Phi) is 3.70. The highest BCUT2D eigenvalue weighted by Gasteiger charge is 2.31. The van der Waals surface area contributed by atoms with Crippen LogP contribution in [-0.2, 0) is 0 Å². The van der Waals surface area contributed by atoms with Gasteiger partial charge in [0.15, 0.2) is 0 Å². The van der Waals surface area contributed by atoms with Crippen molar-refractivity contribution in [2.24, 2.45) is 0 Å². The first kappa shape index (κ1) is 14.6. The van der Waals surface area contributed by atoms with Crippen LogP contribution in [0.1, 0.15) is 10.4 Å². The first-order valence-electron chi connectivity index (χ1n) is 5.62. The number of nitrogen functional groups attached to an aromatic ring is 1. The number of hydrogen-bond donors (Lipinski definition) is 2. The first-order chi connectivity index (χ1) is 9.78. The van der Waals surface area contributed by atoms with E-state index in [1.165, 1.54) is 24.4 Å². The normalized spacial score (nSPS) is 11.2. The monoisotopic (exact) mass is 298 g/mol. The van der Waals surface area contributed by atoms with Gasteiger partial charge in [0.1, 0.15) is 11.6 Å². The number of alkyl halides is 3. The second-order valence-electron chi connectivity index (χ2n) is 4.00. The van der Waals surface area contributed by atoms with Gasteiger partial charge in [0, 0.05) is 11.8 Å². The van der Waals surface area contributed by atoms with Crippen LogP contribution in [0.4, 0.5) is 19.0 Å². The van der Waals surface area contributed by atoms with Crippen LogP contribution in [-0.4, -0.2) is 22.4 Å². The summed E-state index contributed by atoms with van der Waals surface area (Å²) in [7, 11) is 0. The quantitative estimate of drug-likeness (QED) is 0.910. The predicted molar refractivity (Wildman–Crippen MR) is 67.7 cm³/mol. The van der Waals surface area contributed by atoms with Crippen LogP contribution in [0.2, 0.25) is 0 Å². The Balaban J connectivity index is 2.42. The van der Waals surface area contributed by atoms with Crippen molar-refractivity contribution in [3.63, 3.8) is 0 Å². The van der Waals surface area contributed by atoms with Gasteiger partial charge in [0.2, 0.25) is 0 Å². The zero-order valence-corrected chi connectivity index (χ0v) is 10.4. The molecule has 0 amide bonds. The summed E-state index contributed by atoms with van der Waals surface area (Å²) in [5.41, 5.74) is 6.02. The van der Waals surface area contributed by atoms with E-state index in [1.54, 1.807) is 0 Å². The number of ether oxygens (including phenoxy) is 1. The number of nitrogens with zero attached hydrogens (tertiary/aromatic N) is 1. The van der Waals surface area contributed by atoms with Gasteiger partial charge in [-0.25, -0.2) is 9.78 Å². The number of benzene rings is 1. The van der Waals surface area contributed by atoms with Gasteiger partial charge in [-0.3, -0.25) is 0 Å². The predicted octanol–water partition coefficient (Wildman–Crippen LogP) is 2.93. The van der Waals surface area contributed by atoms with E-state index in [-0.39, 0.29) is 16.9 Å². The standard InChI is InChI=1S/C13H9F3N2O3/c14-13(15,16)21-8-3-1-7(2-4-8)10-9(12(19)20)5-6-18-11(10)17/h1-6H,(H2,17,18)(H,19,20). The van der Waals surface area contributed by atoms with Crippen LogP contribution in [0.3, 0.4) is 0 Å². The maximum atomic E-state index is 12.1. The van der Waals surface area contributed by atoms with Gasteiger partial charge in [0.25, 0.3) is 0 Å². The molecule has 0 spiro atoms. The molecule has 0 saturated carbocycles. The van der Waals surface area contributed by atoms with E-state index in [0.29, 0.717) is 5.56 Å². The Hall–Kier alpha value is -2.77. The number of carboxylic acid groups (broad SMARTS) is 1. The minimum absolute atomic E-state index is 0.0283. The lowest BCUT2D eigenvalue weighted by molar-refractivity contribution is -0.274. The largest absolute Gasteiger partial charge is 0.573 e. The number of aromatic carboxylic acids is 1. The molecule has 1 aromatic heterocycles. The number of anilines is 1. The topological polar surface area (TPSA) is 85.4 Å². The maximum absolute atomic E-state index is 12.1. The average molecular weight is 298 g/mol. The zero-order valence-electron chi connectivity index (χ0n) is 10.4. The average Bonchev–Trinajstić information content (AvgIpc) is 2.37. The lowest BCUT2D eigenvalue weighted by atomic mass is 10.0. The molecule has 0 aliphatic rings. The molecule has 0 unspecified atom stereocenters. The molecule has 110 valence electrons. The Morgan fingerprint density at radius 2 is 1.81 bits per heavy atom. The summed E-state index contributed by atoms with van der Waals surface area (Å²) in [5.74, 6) is -1.65.